The standard InChI is InChI=1S/C14H22ClNO2/c1-17-10-11-18-9-8-16-14-6-2-4-13(12-14)5-3-7-15/h2,4,6,12,16H,3,5,7-11H2,1H3. The molecule has 102 valence electrons. The molecule has 0 aliphatic carbocycles. The highest BCUT2D eigenvalue weighted by Crippen LogP contribution is 2.12. The van der Waals surface area contributed by atoms with E-state index in [1.165, 1.54) is 5.56 Å². The number of alkyl halides is 1. The van der Waals surface area contributed by atoms with Crippen LogP contribution in [0.1, 0.15) is 12.0 Å². The summed E-state index contributed by atoms with van der Waals surface area (Å²) in [5.41, 5.74) is 2.46. The lowest BCUT2D eigenvalue weighted by Crippen LogP contribution is -2.12. The lowest BCUT2D eigenvalue weighted by Gasteiger charge is -2.08. The highest BCUT2D eigenvalue weighted by molar-refractivity contribution is 6.17. The van der Waals surface area contributed by atoms with E-state index in [9.17, 15) is 0 Å². The van der Waals surface area contributed by atoms with Crippen LogP contribution in [-0.2, 0) is 15.9 Å². The maximum absolute atomic E-state index is 5.69. The first-order valence-corrected chi connectivity index (χ1v) is 6.85. The van der Waals surface area contributed by atoms with E-state index in [1.807, 2.05) is 0 Å². The maximum Gasteiger partial charge on any atom is 0.0701 e. The van der Waals surface area contributed by atoms with Gasteiger partial charge in [-0.1, -0.05) is 12.1 Å². The Morgan fingerprint density at radius 2 is 2.11 bits per heavy atom. The molecule has 0 fully saturated rings. The van der Waals surface area contributed by atoms with Crippen molar-refractivity contribution in [2.45, 2.75) is 12.8 Å². The van der Waals surface area contributed by atoms with E-state index in [4.69, 9.17) is 21.1 Å². The van der Waals surface area contributed by atoms with Crippen LogP contribution >= 0.6 is 11.6 Å². The third kappa shape index (κ3) is 6.84. The minimum Gasteiger partial charge on any atom is -0.383 e. The lowest BCUT2D eigenvalue weighted by molar-refractivity contribution is 0.0759. The van der Waals surface area contributed by atoms with E-state index in [0.29, 0.717) is 25.7 Å². The second-order valence-corrected chi connectivity index (χ2v) is 4.40. The van der Waals surface area contributed by atoms with Crippen molar-refractivity contribution >= 4 is 17.3 Å². The van der Waals surface area contributed by atoms with Gasteiger partial charge in [0, 0.05) is 25.2 Å². The molecule has 0 amide bonds. The zero-order valence-electron chi connectivity index (χ0n) is 11.0. The molecule has 0 atom stereocenters. The van der Waals surface area contributed by atoms with Crippen molar-refractivity contribution in [2.24, 2.45) is 0 Å². The molecule has 1 N–H and O–H groups in total. The summed E-state index contributed by atoms with van der Waals surface area (Å²) in [5, 5.41) is 3.34. The molecular weight excluding hydrogens is 250 g/mol. The second-order valence-electron chi connectivity index (χ2n) is 4.02. The topological polar surface area (TPSA) is 30.5 Å². The molecule has 0 saturated carbocycles. The Labute approximate surface area is 114 Å². The molecule has 1 aromatic carbocycles. The van der Waals surface area contributed by atoms with E-state index in [2.05, 4.69) is 29.6 Å². The van der Waals surface area contributed by atoms with Crippen molar-refractivity contribution in [1.29, 1.82) is 0 Å². The monoisotopic (exact) mass is 271 g/mol. The fourth-order valence-electron chi connectivity index (χ4n) is 1.62. The van der Waals surface area contributed by atoms with Gasteiger partial charge in [-0.3, -0.25) is 0 Å². The average Bonchev–Trinajstić information content (AvgIpc) is 2.41. The first kappa shape index (κ1) is 15.3. The highest BCUT2D eigenvalue weighted by atomic mass is 35.5. The molecule has 0 heterocycles. The minimum absolute atomic E-state index is 0.647. The number of ether oxygens (including phenoxy) is 2. The molecule has 0 radical (unpaired) electrons. The molecule has 18 heavy (non-hydrogen) atoms. The van der Waals surface area contributed by atoms with E-state index in [0.717, 1.165) is 25.1 Å². The molecule has 4 heteroatoms. The predicted octanol–water partition coefficient (Wildman–Crippen LogP) is 2.93. The number of methoxy groups -OCH3 is 1. The second kappa shape index (κ2) is 10.2. The Bertz CT molecular complexity index is 320. The molecule has 0 saturated heterocycles. The summed E-state index contributed by atoms with van der Waals surface area (Å²) in [5.74, 6) is 0.713. The smallest absolute Gasteiger partial charge is 0.0701 e. The third-order valence-corrected chi connectivity index (χ3v) is 2.80. The Hall–Kier alpha value is -0.770. The van der Waals surface area contributed by atoms with Crippen LogP contribution in [0.5, 0.6) is 0 Å². The minimum atomic E-state index is 0.647. The van der Waals surface area contributed by atoms with Gasteiger partial charge >= 0.3 is 0 Å². The van der Waals surface area contributed by atoms with E-state index in [1.54, 1.807) is 7.11 Å². The fourth-order valence-corrected chi connectivity index (χ4v) is 1.75. The van der Waals surface area contributed by atoms with Crippen molar-refractivity contribution in [3.8, 4) is 0 Å². The fraction of sp³-hybridized carbons (Fsp3) is 0.571. The van der Waals surface area contributed by atoms with Crippen molar-refractivity contribution in [2.75, 3.05) is 44.7 Å². The average molecular weight is 272 g/mol. The summed E-state index contributed by atoms with van der Waals surface area (Å²) in [6.07, 6.45) is 2.05. The molecule has 1 aromatic rings. The summed E-state index contributed by atoms with van der Waals surface area (Å²) in [6, 6.07) is 8.44. The van der Waals surface area contributed by atoms with Crippen LogP contribution in [0.15, 0.2) is 24.3 Å². The SMILES string of the molecule is COCCOCCNc1cccc(CCCCl)c1. The molecule has 0 aromatic heterocycles. The largest absolute Gasteiger partial charge is 0.383 e. The molecule has 0 aliphatic rings. The van der Waals surface area contributed by atoms with Crippen LogP contribution in [0.4, 0.5) is 5.69 Å². The van der Waals surface area contributed by atoms with Gasteiger partial charge in [0.05, 0.1) is 19.8 Å². The molecule has 3 nitrogen and oxygen atoms in total. The normalized spacial score (nSPS) is 10.6. The number of anilines is 1. The highest BCUT2D eigenvalue weighted by Gasteiger charge is 1.96. The van der Waals surface area contributed by atoms with Crippen LogP contribution in [-0.4, -0.2) is 39.4 Å². The number of halogens is 1. The molecule has 0 unspecified atom stereocenters. The van der Waals surface area contributed by atoms with Crippen LogP contribution in [0.2, 0.25) is 0 Å². The van der Waals surface area contributed by atoms with Gasteiger partial charge in [0.2, 0.25) is 0 Å². The molecular formula is C14H22ClNO2. The van der Waals surface area contributed by atoms with Crippen molar-refractivity contribution < 1.29 is 9.47 Å². The van der Waals surface area contributed by atoms with Gasteiger partial charge in [0.25, 0.3) is 0 Å². The predicted molar refractivity (Wildman–Crippen MR) is 76.7 cm³/mol. The van der Waals surface area contributed by atoms with E-state index >= 15 is 0 Å². The number of rotatable bonds is 10. The molecule has 0 bridgehead atoms. The van der Waals surface area contributed by atoms with Gasteiger partial charge in [-0.2, -0.15) is 0 Å². The van der Waals surface area contributed by atoms with Gasteiger partial charge in [-0.25, -0.2) is 0 Å². The van der Waals surface area contributed by atoms with E-state index in [-0.39, 0.29) is 0 Å². The van der Waals surface area contributed by atoms with Gasteiger partial charge in [0.15, 0.2) is 0 Å². The number of aryl methyl sites for hydroxylation is 1. The summed E-state index contributed by atoms with van der Waals surface area (Å²) in [4.78, 5) is 0. The molecule has 0 spiro atoms. The summed E-state index contributed by atoms with van der Waals surface area (Å²) < 4.78 is 10.3. The van der Waals surface area contributed by atoms with Gasteiger partial charge in [-0.15, -0.1) is 11.6 Å². The van der Waals surface area contributed by atoms with Gasteiger partial charge < -0.3 is 14.8 Å². The van der Waals surface area contributed by atoms with Crippen molar-refractivity contribution in [3.63, 3.8) is 0 Å². The molecule has 1 rings (SSSR count). The number of nitrogens with one attached hydrogen (secondary N) is 1. The first-order chi connectivity index (χ1) is 8.86. The lowest BCUT2D eigenvalue weighted by atomic mass is 10.1. The zero-order chi connectivity index (χ0) is 13.1. The quantitative estimate of drug-likeness (QED) is 0.524. The number of benzene rings is 1. The molecule has 0 aliphatic heterocycles. The van der Waals surface area contributed by atoms with Crippen LogP contribution in [0, 0.1) is 0 Å². The van der Waals surface area contributed by atoms with Gasteiger partial charge in [0.1, 0.15) is 0 Å². The van der Waals surface area contributed by atoms with Gasteiger partial charge in [-0.05, 0) is 30.5 Å². The third-order valence-electron chi connectivity index (χ3n) is 2.53. The van der Waals surface area contributed by atoms with Crippen molar-refractivity contribution in [1.82, 2.24) is 0 Å². The number of hydrogen-bond donors (Lipinski definition) is 1. The summed E-state index contributed by atoms with van der Waals surface area (Å²) >= 11 is 5.69. The Morgan fingerprint density at radius 1 is 1.22 bits per heavy atom. The zero-order valence-corrected chi connectivity index (χ0v) is 11.7. The number of hydrogen-bond acceptors (Lipinski definition) is 3. The Balaban J connectivity index is 2.20. The van der Waals surface area contributed by atoms with Crippen LogP contribution in [0.25, 0.3) is 0 Å². The van der Waals surface area contributed by atoms with E-state index < -0.39 is 0 Å². The van der Waals surface area contributed by atoms with Crippen molar-refractivity contribution in [3.05, 3.63) is 29.8 Å². The summed E-state index contributed by atoms with van der Waals surface area (Å²) in [6.45, 7) is 2.79. The first-order valence-electron chi connectivity index (χ1n) is 6.32. The summed E-state index contributed by atoms with van der Waals surface area (Å²) in [7, 11) is 1.67. The Kier molecular flexibility index (Phi) is 8.65. The van der Waals surface area contributed by atoms with Crippen LogP contribution in [0.3, 0.4) is 0 Å². The van der Waals surface area contributed by atoms with Crippen LogP contribution < -0.4 is 5.32 Å². The maximum atomic E-state index is 5.69. The Morgan fingerprint density at radius 3 is 2.89 bits per heavy atom.